The zero-order valence-electron chi connectivity index (χ0n) is 16.2. The van der Waals surface area contributed by atoms with Crippen LogP contribution in [0, 0.1) is 6.92 Å². The second kappa shape index (κ2) is 12.6. The van der Waals surface area contributed by atoms with Crippen molar-refractivity contribution >= 4 is 29.9 Å². The fourth-order valence-corrected chi connectivity index (χ4v) is 2.66. The molecule has 0 aromatic heterocycles. The number of aliphatic hydroxyl groups is 1. The monoisotopic (exact) mass is 483 g/mol. The van der Waals surface area contributed by atoms with Gasteiger partial charge in [-0.2, -0.15) is 0 Å². The highest BCUT2D eigenvalue weighted by Gasteiger charge is 2.11. The van der Waals surface area contributed by atoms with E-state index in [2.05, 4.69) is 15.6 Å². The molecule has 0 bridgehead atoms. The number of aliphatic imine (C=N–C) groups is 1. The van der Waals surface area contributed by atoms with Crippen LogP contribution in [0.15, 0.2) is 59.6 Å². The summed E-state index contributed by atoms with van der Waals surface area (Å²) in [5.74, 6) is 1.58. The lowest BCUT2D eigenvalue weighted by Crippen LogP contribution is -2.43. The van der Waals surface area contributed by atoms with Crippen LogP contribution in [0.5, 0.6) is 5.75 Å². The van der Waals surface area contributed by atoms with Crippen LogP contribution in [0.2, 0.25) is 0 Å². The third-order valence-electron chi connectivity index (χ3n) is 4.11. The normalized spacial score (nSPS) is 13.3. The summed E-state index contributed by atoms with van der Waals surface area (Å²) in [5.41, 5.74) is 2.28. The molecule has 0 aliphatic heterocycles. The summed E-state index contributed by atoms with van der Waals surface area (Å²) in [5, 5.41) is 16.2. The van der Waals surface area contributed by atoms with Gasteiger partial charge in [0.15, 0.2) is 5.96 Å². The van der Waals surface area contributed by atoms with Crippen LogP contribution in [0.1, 0.15) is 24.0 Å². The minimum absolute atomic E-state index is 0. The van der Waals surface area contributed by atoms with Gasteiger partial charge in [0.2, 0.25) is 0 Å². The molecular weight excluding hydrogens is 453 g/mol. The Bertz CT molecular complexity index is 695. The third-order valence-corrected chi connectivity index (χ3v) is 4.11. The van der Waals surface area contributed by atoms with Gasteiger partial charge >= 0.3 is 0 Å². The molecule has 148 valence electrons. The molecule has 0 radical (unpaired) electrons. The van der Waals surface area contributed by atoms with Gasteiger partial charge in [-0.1, -0.05) is 42.5 Å². The highest BCUT2D eigenvalue weighted by molar-refractivity contribution is 14.0. The molecule has 0 amide bonds. The molecule has 0 saturated carbocycles. The number of halogens is 1. The number of nitrogens with zero attached hydrogens (tertiary/aromatic N) is 1. The maximum absolute atomic E-state index is 9.65. The smallest absolute Gasteiger partial charge is 0.191 e. The molecule has 0 heterocycles. The highest BCUT2D eigenvalue weighted by atomic mass is 127. The van der Waals surface area contributed by atoms with Gasteiger partial charge < -0.3 is 20.5 Å². The van der Waals surface area contributed by atoms with E-state index >= 15 is 0 Å². The second-order valence-electron chi connectivity index (χ2n) is 6.37. The Balaban J connectivity index is 0.00000364. The largest absolute Gasteiger partial charge is 0.489 e. The van der Waals surface area contributed by atoms with Crippen molar-refractivity contribution in [2.24, 2.45) is 4.99 Å². The van der Waals surface area contributed by atoms with E-state index in [-0.39, 0.29) is 42.6 Å². The predicted octanol–water partition coefficient (Wildman–Crippen LogP) is 3.32. The molecule has 3 N–H and O–H groups in total. The summed E-state index contributed by atoms with van der Waals surface area (Å²) >= 11 is 0. The Morgan fingerprint density at radius 1 is 1.07 bits per heavy atom. The van der Waals surface area contributed by atoms with Crippen LogP contribution in [0.3, 0.4) is 0 Å². The number of hydrogen-bond acceptors (Lipinski definition) is 3. The lowest BCUT2D eigenvalue weighted by atomic mass is 10.0. The number of nitrogens with one attached hydrogen (secondary N) is 2. The maximum atomic E-state index is 9.65. The van der Waals surface area contributed by atoms with Gasteiger partial charge in [0.25, 0.3) is 0 Å². The summed E-state index contributed by atoms with van der Waals surface area (Å²) in [6, 6.07) is 18.0. The van der Waals surface area contributed by atoms with E-state index < -0.39 is 0 Å². The van der Waals surface area contributed by atoms with Crippen molar-refractivity contribution in [3.05, 3.63) is 65.7 Å². The Labute approximate surface area is 179 Å². The van der Waals surface area contributed by atoms with Crippen molar-refractivity contribution in [1.82, 2.24) is 10.6 Å². The van der Waals surface area contributed by atoms with Gasteiger partial charge in [-0.15, -0.1) is 24.0 Å². The minimum atomic E-state index is -0.00175. The highest BCUT2D eigenvalue weighted by Crippen LogP contribution is 2.14. The maximum Gasteiger partial charge on any atom is 0.191 e. The molecule has 2 atom stereocenters. The number of benzene rings is 2. The molecule has 27 heavy (non-hydrogen) atoms. The molecule has 6 heteroatoms. The first-order valence-corrected chi connectivity index (χ1v) is 8.96. The average Bonchev–Trinajstić information content (AvgIpc) is 2.65. The first-order chi connectivity index (χ1) is 12.6. The summed E-state index contributed by atoms with van der Waals surface area (Å²) in [6.07, 6.45) is -0.00175. The molecule has 2 aromatic carbocycles. The van der Waals surface area contributed by atoms with Crippen LogP contribution in [-0.4, -0.2) is 43.9 Å². The van der Waals surface area contributed by atoms with Crippen molar-refractivity contribution in [3.8, 4) is 5.75 Å². The summed E-state index contributed by atoms with van der Waals surface area (Å²) in [7, 11) is 1.73. The van der Waals surface area contributed by atoms with Gasteiger partial charge in [-0.3, -0.25) is 4.99 Å². The molecule has 2 unspecified atom stereocenters. The summed E-state index contributed by atoms with van der Waals surface area (Å²) in [4.78, 5) is 4.24. The SMILES string of the molecule is CN=C(NCC(C)Oc1cccc(C)c1)NCC(CO)c1ccccc1.I. The quantitative estimate of drug-likeness (QED) is 0.306. The van der Waals surface area contributed by atoms with E-state index in [1.165, 1.54) is 5.56 Å². The Kier molecular flexibility index (Phi) is 10.8. The van der Waals surface area contributed by atoms with Crippen LogP contribution < -0.4 is 15.4 Å². The van der Waals surface area contributed by atoms with E-state index in [1.54, 1.807) is 7.05 Å². The lowest BCUT2D eigenvalue weighted by molar-refractivity contribution is 0.223. The van der Waals surface area contributed by atoms with Gasteiger partial charge in [-0.05, 0) is 37.1 Å². The molecule has 5 nitrogen and oxygen atoms in total. The Hall–Kier alpha value is -1.80. The summed E-state index contributed by atoms with van der Waals surface area (Å²) < 4.78 is 5.92. The first kappa shape index (κ1) is 23.2. The molecule has 0 spiro atoms. The van der Waals surface area contributed by atoms with E-state index in [0.717, 1.165) is 11.3 Å². The lowest BCUT2D eigenvalue weighted by Gasteiger charge is -2.20. The number of hydrogen-bond donors (Lipinski definition) is 3. The minimum Gasteiger partial charge on any atom is -0.489 e. The molecule has 0 aliphatic rings. The Morgan fingerprint density at radius 2 is 1.78 bits per heavy atom. The topological polar surface area (TPSA) is 65.9 Å². The zero-order valence-corrected chi connectivity index (χ0v) is 18.5. The molecule has 2 aromatic rings. The van der Waals surface area contributed by atoms with Crippen molar-refractivity contribution in [1.29, 1.82) is 0 Å². The first-order valence-electron chi connectivity index (χ1n) is 8.96. The number of guanidine groups is 1. The van der Waals surface area contributed by atoms with Crippen molar-refractivity contribution in [3.63, 3.8) is 0 Å². The van der Waals surface area contributed by atoms with E-state index in [0.29, 0.717) is 19.0 Å². The predicted molar refractivity (Wildman–Crippen MR) is 122 cm³/mol. The fourth-order valence-electron chi connectivity index (χ4n) is 2.66. The molecular formula is C21H30IN3O2. The standard InChI is InChI=1S/C21H29N3O2.HI/c1-16-8-7-11-20(12-16)26-17(2)13-23-21(22-3)24-14-19(15-25)18-9-5-4-6-10-18;/h4-12,17,19,25H,13-15H2,1-3H3,(H2,22,23,24);1H. The van der Waals surface area contributed by atoms with Crippen molar-refractivity contribution in [2.45, 2.75) is 25.9 Å². The van der Waals surface area contributed by atoms with E-state index in [9.17, 15) is 5.11 Å². The van der Waals surface area contributed by atoms with Gasteiger partial charge in [0.05, 0.1) is 13.2 Å². The third kappa shape index (κ3) is 8.17. The van der Waals surface area contributed by atoms with Gasteiger partial charge in [-0.25, -0.2) is 0 Å². The molecule has 0 aliphatic carbocycles. The van der Waals surface area contributed by atoms with E-state index in [4.69, 9.17) is 4.74 Å². The number of aryl methyl sites for hydroxylation is 1. The number of rotatable bonds is 8. The van der Waals surface area contributed by atoms with Crippen LogP contribution >= 0.6 is 24.0 Å². The zero-order chi connectivity index (χ0) is 18.8. The van der Waals surface area contributed by atoms with Gasteiger partial charge in [0, 0.05) is 19.5 Å². The molecule has 2 rings (SSSR count). The molecule has 0 fully saturated rings. The fraction of sp³-hybridized carbons (Fsp3) is 0.381. The van der Waals surface area contributed by atoms with Crippen molar-refractivity contribution < 1.29 is 9.84 Å². The number of ether oxygens (including phenoxy) is 1. The van der Waals surface area contributed by atoms with Crippen LogP contribution in [-0.2, 0) is 0 Å². The van der Waals surface area contributed by atoms with Crippen molar-refractivity contribution in [2.75, 3.05) is 26.7 Å². The molecule has 0 saturated heterocycles. The van der Waals surface area contributed by atoms with Crippen LogP contribution in [0.25, 0.3) is 0 Å². The summed E-state index contributed by atoms with van der Waals surface area (Å²) in [6.45, 7) is 5.38. The van der Waals surface area contributed by atoms with E-state index in [1.807, 2.05) is 68.4 Å². The second-order valence-corrected chi connectivity index (χ2v) is 6.37. The Morgan fingerprint density at radius 3 is 2.41 bits per heavy atom. The number of aliphatic hydroxyl groups excluding tert-OH is 1. The van der Waals surface area contributed by atoms with Gasteiger partial charge in [0.1, 0.15) is 11.9 Å². The van der Waals surface area contributed by atoms with Crippen LogP contribution in [0.4, 0.5) is 0 Å². The average molecular weight is 483 g/mol.